The number of hydrogen-bond donors (Lipinski definition) is 1. The molecule has 1 aliphatic rings. The van der Waals surface area contributed by atoms with E-state index in [1.54, 1.807) is 30.8 Å². The third kappa shape index (κ3) is 3.94. The Labute approximate surface area is 138 Å². The lowest BCUT2D eigenvalue weighted by molar-refractivity contribution is -0.160. The first-order valence-electron chi connectivity index (χ1n) is 7.02. The number of morpholine rings is 1. The van der Waals surface area contributed by atoms with Gasteiger partial charge in [0.05, 0.1) is 18.2 Å². The lowest BCUT2D eigenvalue weighted by atomic mass is 10.1. The van der Waals surface area contributed by atoms with Gasteiger partial charge in [0.15, 0.2) is 6.10 Å². The van der Waals surface area contributed by atoms with Crippen molar-refractivity contribution in [3.05, 3.63) is 28.8 Å². The molecule has 0 saturated carbocycles. The third-order valence-electron chi connectivity index (χ3n) is 3.29. The van der Waals surface area contributed by atoms with Gasteiger partial charge in [0.2, 0.25) is 0 Å². The molecule has 22 heavy (non-hydrogen) atoms. The molecule has 1 saturated heterocycles. The van der Waals surface area contributed by atoms with Crippen molar-refractivity contribution in [3.63, 3.8) is 0 Å². The molecule has 1 aromatic carbocycles. The van der Waals surface area contributed by atoms with Crippen molar-refractivity contribution >= 4 is 35.2 Å². The van der Waals surface area contributed by atoms with E-state index in [0.29, 0.717) is 17.1 Å². The molecule has 1 fully saturated rings. The Hall–Kier alpha value is -1.24. The number of ether oxygens (including phenoxy) is 1. The highest BCUT2D eigenvalue weighted by Crippen LogP contribution is 2.27. The zero-order valence-electron chi connectivity index (χ0n) is 12.4. The highest BCUT2D eigenvalue weighted by Gasteiger charge is 2.33. The maximum Gasteiger partial charge on any atom is 0.334 e. The van der Waals surface area contributed by atoms with Crippen molar-refractivity contribution < 1.29 is 19.4 Å². The van der Waals surface area contributed by atoms with Gasteiger partial charge in [0.1, 0.15) is 0 Å². The number of carboxylic acid groups (broad SMARTS) is 1. The van der Waals surface area contributed by atoms with Crippen molar-refractivity contribution in [1.82, 2.24) is 4.90 Å². The summed E-state index contributed by atoms with van der Waals surface area (Å²) in [6, 6.07) is 5.21. The second-order valence-corrected chi connectivity index (χ2v) is 6.80. The van der Waals surface area contributed by atoms with Crippen LogP contribution in [0, 0.1) is 0 Å². The Morgan fingerprint density at radius 3 is 2.82 bits per heavy atom. The van der Waals surface area contributed by atoms with Gasteiger partial charge >= 0.3 is 5.97 Å². The summed E-state index contributed by atoms with van der Waals surface area (Å²) < 4.78 is 5.34. The van der Waals surface area contributed by atoms with Crippen molar-refractivity contribution in [1.29, 1.82) is 0 Å². The molecule has 1 aromatic rings. The number of carbonyl (C=O) groups is 2. The molecule has 7 heteroatoms. The van der Waals surface area contributed by atoms with Gasteiger partial charge in [0, 0.05) is 16.5 Å². The van der Waals surface area contributed by atoms with Crippen molar-refractivity contribution in [2.45, 2.75) is 31.0 Å². The zero-order valence-corrected chi connectivity index (χ0v) is 14.0. The molecular formula is C15H18ClNO4S. The molecule has 0 spiro atoms. The largest absolute Gasteiger partial charge is 0.479 e. The van der Waals surface area contributed by atoms with Gasteiger partial charge in [-0.1, -0.05) is 18.5 Å². The van der Waals surface area contributed by atoms with Gasteiger partial charge < -0.3 is 14.7 Å². The Morgan fingerprint density at radius 1 is 1.45 bits per heavy atom. The summed E-state index contributed by atoms with van der Waals surface area (Å²) in [6.45, 7) is 4.17. The Morgan fingerprint density at radius 2 is 2.18 bits per heavy atom. The maximum absolute atomic E-state index is 12.8. The van der Waals surface area contributed by atoms with E-state index in [2.05, 4.69) is 0 Å². The first-order chi connectivity index (χ1) is 10.4. The monoisotopic (exact) mass is 343 g/mol. The lowest BCUT2D eigenvalue weighted by Crippen LogP contribution is -2.51. The molecule has 0 aromatic heterocycles. The van der Waals surface area contributed by atoms with Crippen molar-refractivity contribution in [2.75, 3.05) is 18.8 Å². The summed E-state index contributed by atoms with van der Waals surface area (Å²) >= 11 is 7.57. The standard InChI is InChI=1S/C15H18ClNO4S/c1-3-22-13-5-4-10(16)6-11(13)14(18)17-7-9(2)21-12(8-17)15(19)20/h4-6,9,12H,3,7-8H2,1-2H3,(H,19,20)/t9-,12?/m1/s1. The predicted molar refractivity (Wildman–Crippen MR) is 85.7 cm³/mol. The third-order valence-corrected chi connectivity index (χ3v) is 4.49. The van der Waals surface area contributed by atoms with Crippen LogP contribution in [0.5, 0.6) is 0 Å². The van der Waals surface area contributed by atoms with Gasteiger partial charge in [-0.2, -0.15) is 0 Å². The van der Waals surface area contributed by atoms with Gasteiger partial charge in [-0.05, 0) is 30.9 Å². The first kappa shape index (κ1) is 17.1. The van der Waals surface area contributed by atoms with Crippen molar-refractivity contribution in [3.8, 4) is 0 Å². The summed E-state index contributed by atoms with van der Waals surface area (Å²) in [7, 11) is 0. The number of thioether (sulfide) groups is 1. The van der Waals surface area contributed by atoms with E-state index in [1.165, 1.54) is 4.90 Å². The summed E-state index contributed by atoms with van der Waals surface area (Å²) in [6.07, 6.45) is -1.31. The van der Waals surface area contributed by atoms with Crippen LogP contribution in [0.25, 0.3) is 0 Å². The minimum atomic E-state index is -1.06. The average Bonchev–Trinajstić information content (AvgIpc) is 2.48. The first-order valence-corrected chi connectivity index (χ1v) is 8.38. The number of rotatable bonds is 4. The van der Waals surface area contributed by atoms with Crippen LogP contribution in [0.3, 0.4) is 0 Å². The van der Waals surface area contributed by atoms with E-state index >= 15 is 0 Å². The van der Waals surface area contributed by atoms with Crippen LogP contribution in [0.1, 0.15) is 24.2 Å². The number of nitrogens with zero attached hydrogens (tertiary/aromatic N) is 1. The van der Waals surface area contributed by atoms with Crippen LogP contribution < -0.4 is 0 Å². The molecule has 1 amide bonds. The minimum absolute atomic E-state index is 0.0429. The summed E-state index contributed by atoms with van der Waals surface area (Å²) in [5, 5.41) is 9.61. The Bertz CT molecular complexity index is 581. The van der Waals surface area contributed by atoms with Gasteiger partial charge in [0.25, 0.3) is 5.91 Å². The van der Waals surface area contributed by atoms with E-state index in [-0.39, 0.29) is 18.6 Å². The maximum atomic E-state index is 12.8. The fourth-order valence-corrected chi connectivity index (χ4v) is 3.32. The van der Waals surface area contributed by atoms with E-state index < -0.39 is 12.1 Å². The molecule has 2 atom stereocenters. The van der Waals surface area contributed by atoms with E-state index in [4.69, 9.17) is 21.4 Å². The molecule has 1 unspecified atom stereocenters. The van der Waals surface area contributed by atoms with E-state index in [9.17, 15) is 9.59 Å². The normalized spacial score (nSPS) is 21.7. The second-order valence-electron chi connectivity index (χ2n) is 5.06. The smallest absolute Gasteiger partial charge is 0.334 e. The SMILES string of the molecule is CCSc1ccc(Cl)cc1C(=O)N1CC(C(=O)O)O[C@H](C)C1. The minimum Gasteiger partial charge on any atom is -0.479 e. The van der Waals surface area contributed by atoms with Crippen molar-refractivity contribution in [2.24, 2.45) is 0 Å². The Kier molecular flexibility index (Phi) is 5.72. The average molecular weight is 344 g/mol. The molecule has 5 nitrogen and oxygen atoms in total. The zero-order chi connectivity index (χ0) is 16.3. The quantitative estimate of drug-likeness (QED) is 0.851. The number of benzene rings is 1. The van der Waals surface area contributed by atoms with Crippen LogP contribution in [0.4, 0.5) is 0 Å². The summed E-state index contributed by atoms with van der Waals surface area (Å²) in [5.74, 6) is -0.433. The topological polar surface area (TPSA) is 66.8 Å². The van der Waals surface area contributed by atoms with E-state index in [0.717, 1.165) is 10.6 Å². The number of carboxylic acids is 1. The summed E-state index contributed by atoms with van der Waals surface area (Å²) in [4.78, 5) is 26.3. The lowest BCUT2D eigenvalue weighted by Gasteiger charge is -2.35. The predicted octanol–water partition coefficient (Wildman–Crippen LogP) is 2.77. The van der Waals surface area contributed by atoms with Crippen LogP contribution in [-0.2, 0) is 9.53 Å². The second kappa shape index (κ2) is 7.35. The molecule has 2 rings (SSSR count). The molecule has 1 N–H and O–H groups in total. The number of halogens is 1. The molecule has 1 aliphatic heterocycles. The highest BCUT2D eigenvalue weighted by atomic mass is 35.5. The van der Waals surface area contributed by atoms with Gasteiger partial charge in [-0.3, -0.25) is 4.79 Å². The molecule has 0 bridgehead atoms. The molecule has 0 radical (unpaired) electrons. The number of carbonyl (C=O) groups excluding carboxylic acids is 1. The summed E-state index contributed by atoms with van der Waals surface area (Å²) in [5.41, 5.74) is 0.512. The molecule has 120 valence electrons. The highest BCUT2D eigenvalue weighted by molar-refractivity contribution is 7.99. The van der Waals surface area contributed by atoms with Crippen LogP contribution >= 0.6 is 23.4 Å². The number of aliphatic carboxylic acids is 1. The fourth-order valence-electron chi connectivity index (χ4n) is 2.37. The van der Waals surface area contributed by atoms with Crippen LogP contribution in [-0.4, -0.2) is 52.9 Å². The van der Waals surface area contributed by atoms with E-state index in [1.807, 2.05) is 13.0 Å². The molecule has 0 aliphatic carbocycles. The van der Waals surface area contributed by atoms with Gasteiger partial charge in [-0.25, -0.2) is 4.79 Å². The number of amides is 1. The van der Waals surface area contributed by atoms with Crippen LogP contribution in [0.15, 0.2) is 23.1 Å². The molecule has 1 heterocycles. The fraction of sp³-hybridized carbons (Fsp3) is 0.467. The van der Waals surface area contributed by atoms with Gasteiger partial charge in [-0.15, -0.1) is 11.8 Å². The van der Waals surface area contributed by atoms with Crippen LogP contribution in [0.2, 0.25) is 5.02 Å². The molecular weight excluding hydrogens is 326 g/mol. The Balaban J connectivity index is 2.26. The number of hydrogen-bond acceptors (Lipinski definition) is 4.